The number of hydrogen-bond acceptors (Lipinski definition) is 4. The first-order valence-electron chi connectivity index (χ1n) is 18.9. The van der Waals surface area contributed by atoms with Gasteiger partial charge >= 0.3 is 0 Å². The lowest BCUT2D eigenvalue weighted by Gasteiger charge is -2.16. The third-order valence-corrected chi connectivity index (χ3v) is 12.2. The lowest BCUT2D eigenvalue weighted by molar-refractivity contribution is -0.462. The molecule has 0 amide bonds. The lowest BCUT2D eigenvalue weighted by atomic mass is 9.90. The summed E-state index contributed by atoms with van der Waals surface area (Å²) in [6.07, 6.45) is 17.7. The van der Waals surface area contributed by atoms with Crippen molar-refractivity contribution >= 4 is 89.2 Å². The Hall–Kier alpha value is -5.53. The molecule has 0 aliphatic heterocycles. The van der Waals surface area contributed by atoms with Crippen LogP contribution < -0.4 is 9.80 Å². The molecule has 0 saturated carbocycles. The molecule has 0 saturated heterocycles. The average molecular weight is 808 g/mol. The monoisotopic (exact) mass is 806 g/mol. The van der Waals surface area contributed by atoms with E-state index in [0.29, 0.717) is 0 Å². The summed E-state index contributed by atoms with van der Waals surface area (Å²) in [4.78, 5) is 5.57. The van der Waals surface area contributed by atoms with E-state index in [0.717, 1.165) is 0 Å². The van der Waals surface area contributed by atoms with Gasteiger partial charge in [0.2, 0.25) is 0 Å². The fraction of sp³-hybridized carbons (Fsp3) is 0.160. The van der Waals surface area contributed by atoms with Crippen molar-refractivity contribution < 1.29 is 9.15 Å². The fourth-order valence-electron chi connectivity index (χ4n) is 6.91. The molecule has 0 spiro atoms. The SMILES string of the molecule is CN(C)c1ccc(C(=C2C=CC(=[N+](C)C)C=C2)c2cc3ccccc3s2)cc1.CN(C)c1ccc(C(=C2C=CC(=[N+](C)C)C=C2)c2csc3ccccc23)cc1.Cl. The van der Waals surface area contributed by atoms with Crippen molar-refractivity contribution in [1.29, 1.82) is 0 Å². The van der Waals surface area contributed by atoms with Crippen LogP contribution in [0.1, 0.15) is 21.6 Å². The molecule has 0 bridgehead atoms. The summed E-state index contributed by atoms with van der Waals surface area (Å²) < 4.78 is 6.92. The van der Waals surface area contributed by atoms with Crippen LogP contribution in [0.5, 0.6) is 0 Å². The predicted molar refractivity (Wildman–Crippen MR) is 255 cm³/mol. The van der Waals surface area contributed by atoms with E-state index < -0.39 is 0 Å². The van der Waals surface area contributed by atoms with Crippen LogP contribution in [0.4, 0.5) is 11.4 Å². The number of anilines is 2. The second-order valence-electron chi connectivity index (χ2n) is 14.8. The zero-order valence-electron chi connectivity index (χ0n) is 34.0. The number of fused-ring (bicyclic) bond motifs is 2. The highest BCUT2D eigenvalue weighted by atomic mass is 35.5. The number of allylic oxidation sites excluding steroid dienone is 10. The summed E-state index contributed by atoms with van der Waals surface area (Å²) >= 11 is 3.67. The maximum Gasteiger partial charge on any atom is 0.199 e. The molecule has 8 rings (SSSR count). The Morgan fingerprint density at radius 1 is 0.509 bits per heavy atom. The van der Waals surface area contributed by atoms with Gasteiger partial charge in [0.15, 0.2) is 11.4 Å². The van der Waals surface area contributed by atoms with Crippen molar-refractivity contribution in [1.82, 2.24) is 0 Å². The summed E-state index contributed by atoms with van der Waals surface area (Å²) in [6.45, 7) is 0. The van der Waals surface area contributed by atoms with Gasteiger partial charge < -0.3 is 9.80 Å². The topological polar surface area (TPSA) is 12.5 Å². The van der Waals surface area contributed by atoms with Gasteiger partial charge in [-0.15, -0.1) is 35.1 Å². The Morgan fingerprint density at radius 3 is 1.46 bits per heavy atom. The summed E-state index contributed by atoms with van der Waals surface area (Å²) in [5.41, 5.74) is 13.7. The molecule has 0 N–H and O–H groups in total. The molecular formula is C50H51ClN4S2+2. The van der Waals surface area contributed by atoms with E-state index in [4.69, 9.17) is 0 Å². The summed E-state index contributed by atoms with van der Waals surface area (Å²) in [5.74, 6) is 0. The maximum absolute atomic E-state index is 2.31. The van der Waals surface area contributed by atoms with E-state index >= 15 is 0 Å². The summed E-state index contributed by atoms with van der Waals surface area (Å²) in [7, 11) is 16.6. The highest BCUT2D eigenvalue weighted by Crippen LogP contribution is 2.39. The summed E-state index contributed by atoms with van der Waals surface area (Å²) in [6, 6.07) is 37.3. The van der Waals surface area contributed by atoms with E-state index in [1.54, 1.807) is 0 Å². The fourth-order valence-corrected chi connectivity index (χ4v) is 9.01. The lowest BCUT2D eigenvalue weighted by Crippen LogP contribution is -2.10. The molecule has 0 radical (unpaired) electrons. The van der Waals surface area contributed by atoms with E-state index in [-0.39, 0.29) is 12.4 Å². The molecule has 2 aromatic heterocycles. The number of rotatable bonds is 6. The first kappa shape index (κ1) is 41.1. The molecule has 4 aromatic carbocycles. The van der Waals surface area contributed by atoms with Gasteiger partial charge in [-0.2, -0.15) is 0 Å². The number of hydrogen-bond donors (Lipinski definition) is 0. The minimum absolute atomic E-state index is 0. The third kappa shape index (κ3) is 9.21. The van der Waals surface area contributed by atoms with E-state index in [1.165, 1.54) is 86.8 Å². The van der Waals surface area contributed by atoms with E-state index in [1.807, 2.05) is 22.7 Å². The molecule has 57 heavy (non-hydrogen) atoms. The van der Waals surface area contributed by atoms with Gasteiger partial charge in [-0.3, -0.25) is 0 Å². The maximum atomic E-state index is 2.31. The molecule has 2 aliphatic carbocycles. The first-order valence-corrected chi connectivity index (χ1v) is 20.6. The molecule has 0 fully saturated rings. The highest BCUT2D eigenvalue weighted by molar-refractivity contribution is 7.20. The Labute approximate surface area is 352 Å². The normalized spacial score (nSPS) is 13.1. The van der Waals surface area contributed by atoms with Crippen LogP contribution in [0.2, 0.25) is 0 Å². The molecule has 4 nitrogen and oxygen atoms in total. The van der Waals surface area contributed by atoms with Crippen LogP contribution in [-0.2, 0) is 0 Å². The molecule has 2 aliphatic rings. The van der Waals surface area contributed by atoms with Crippen molar-refractivity contribution in [3.63, 3.8) is 0 Å². The minimum atomic E-state index is 0. The molecule has 288 valence electrons. The van der Waals surface area contributed by atoms with Gasteiger partial charge in [0.25, 0.3) is 0 Å². The molecule has 0 atom stereocenters. The van der Waals surface area contributed by atoms with E-state index in [2.05, 4.69) is 232 Å². The smallest absolute Gasteiger partial charge is 0.199 e. The second kappa shape index (κ2) is 18.2. The van der Waals surface area contributed by atoms with Gasteiger partial charge in [-0.05, 0) is 105 Å². The van der Waals surface area contributed by atoms with Gasteiger partial charge in [0.05, 0.1) is 0 Å². The van der Waals surface area contributed by atoms with Crippen LogP contribution in [0.3, 0.4) is 0 Å². The van der Waals surface area contributed by atoms with E-state index in [9.17, 15) is 0 Å². The zero-order chi connectivity index (χ0) is 39.3. The number of nitrogens with zero attached hydrogens (tertiary/aromatic N) is 4. The number of benzene rings is 4. The highest BCUT2D eigenvalue weighted by Gasteiger charge is 2.18. The van der Waals surface area contributed by atoms with Gasteiger partial charge in [0, 0.05) is 94.7 Å². The largest absolute Gasteiger partial charge is 0.378 e. The minimum Gasteiger partial charge on any atom is -0.378 e. The summed E-state index contributed by atoms with van der Waals surface area (Å²) in [5, 5.41) is 4.91. The van der Waals surface area contributed by atoms with Crippen LogP contribution in [0, 0.1) is 0 Å². The Balaban J connectivity index is 0.000000189. The van der Waals surface area contributed by atoms with Gasteiger partial charge in [-0.25, -0.2) is 9.15 Å². The Kier molecular flexibility index (Phi) is 13.1. The van der Waals surface area contributed by atoms with Gasteiger partial charge in [-0.1, -0.05) is 60.7 Å². The molecule has 6 aromatic rings. The quantitative estimate of drug-likeness (QED) is 0.155. The standard InChI is InChI=1S/2C25H25N2S.ClH/c1-26(2)20-13-9-18(10-14-20)25(19-11-15-21(16-12-19)27(3)4)23-17-28-24-8-6-5-7-22(23)24;1-26(2)21-13-9-18(10-14-21)25(19-11-15-22(16-12-19)27(3)4)24-17-20-7-5-6-8-23(20)28-24;/h2*5-17H,1-4H3;1H/q2*+1;. The zero-order valence-corrected chi connectivity index (χ0v) is 36.5. The van der Waals surface area contributed by atoms with Gasteiger partial charge in [0.1, 0.15) is 28.2 Å². The van der Waals surface area contributed by atoms with Crippen LogP contribution in [0.25, 0.3) is 31.3 Å². The predicted octanol–water partition coefficient (Wildman–Crippen LogP) is 11.6. The third-order valence-electron chi connectivity index (χ3n) is 10.1. The molecule has 7 heteroatoms. The van der Waals surface area contributed by atoms with Crippen molar-refractivity contribution in [3.05, 3.63) is 190 Å². The number of thiophene rings is 2. The van der Waals surface area contributed by atoms with Crippen molar-refractivity contribution in [2.24, 2.45) is 0 Å². The molecular weight excluding hydrogens is 756 g/mol. The number of halogens is 1. The first-order chi connectivity index (χ1) is 27.1. The van der Waals surface area contributed by atoms with Crippen LogP contribution in [-0.4, -0.2) is 77.0 Å². The van der Waals surface area contributed by atoms with Crippen molar-refractivity contribution in [2.75, 3.05) is 66.2 Å². The second-order valence-corrected chi connectivity index (χ2v) is 16.8. The van der Waals surface area contributed by atoms with Crippen molar-refractivity contribution in [3.8, 4) is 0 Å². The van der Waals surface area contributed by atoms with Crippen LogP contribution in [0.15, 0.2) is 168 Å². The Bertz CT molecular complexity index is 2570. The molecule has 2 heterocycles. The van der Waals surface area contributed by atoms with Crippen molar-refractivity contribution in [2.45, 2.75) is 0 Å². The Morgan fingerprint density at radius 2 is 0.965 bits per heavy atom. The van der Waals surface area contributed by atoms with Crippen LogP contribution >= 0.6 is 35.1 Å². The average Bonchev–Trinajstić information content (AvgIpc) is 3.84. The molecule has 0 unspecified atom stereocenters.